The molecule has 17 heavy (non-hydrogen) atoms. The molecule has 1 aliphatic heterocycles. The van der Waals surface area contributed by atoms with Crippen molar-refractivity contribution in [2.75, 3.05) is 20.3 Å². The van der Waals surface area contributed by atoms with Crippen LogP contribution in [0.25, 0.3) is 0 Å². The summed E-state index contributed by atoms with van der Waals surface area (Å²) < 4.78 is 16.5. The van der Waals surface area contributed by atoms with Crippen molar-refractivity contribution >= 4 is 6.29 Å². The van der Waals surface area contributed by atoms with Gasteiger partial charge in [-0.05, 0) is 18.1 Å². The second-order valence-corrected chi connectivity index (χ2v) is 4.01. The molecular formula is C13H16O4. The number of carbonyl (C=O) groups excluding carboxylic acids is 1. The number of carbonyl (C=O) groups is 1. The average molecular weight is 236 g/mol. The Hall–Kier alpha value is -1.71. The van der Waals surface area contributed by atoms with Gasteiger partial charge in [0.1, 0.15) is 25.2 Å². The van der Waals surface area contributed by atoms with Crippen molar-refractivity contribution in [2.24, 2.45) is 0 Å². The summed E-state index contributed by atoms with van der Waals surface area (Å²) in [7, 11) is 1.61. The maximum absolute atomic E-state index is 10.6. The molecule has 4 heteroatoms. The van der Waals surface area contributed by atoms with E-state index in [1.165, 1.54) is 0 Å². The molecule has 0 spiro atoms. The van der Waals surface area contributed by atoms with Gasteiger partial charge in [-0.3, -0.25) is 0 Å². The van der Waals surface area contributed by atoms with Crippen molar-refractivity contribution < 1.29 is 19.0 Å². The van der Waals surface area contributed by atoms with Crippen molar-refractivity contribution in [2.45, 2.75) is 19.3 Å². The van der Waals surface area contributed by atoms with E-state index < -0.39 is 0 Å². The Balaban J connectivity index is 2.47. The van der Waals surface area contributed by atoms with E-state index in [2.05, 4.69) is 0 Å². The Morgan fingerprint density at radius 2 is 2.18 bits per heavy atom. The molecule has 1 aliphatic rings. The molecule has 0 saturated heterocycles. The Kier molecular flexibility index (Phi) is 3.52. The molecular weight excluding hydrogens is 220 g/mol. The molecule has 1 heterocycles. The zero-order valence-electron chi connectivity index (χ0n) is 10.1. The van der Waals surface area contributed by atoms with E-state index in [1.807, 2.05) is 19.1 Å². The van der Waals surface area contributed by atoms with Crippen LogP contribution in [-0.4, -0.2) is 26.6 Å². The van der Waals surface area contributed by atoms with E-state index in [0.717, 1.165) is 23.3 Å². The van der Waals surface area contributed by atoms with Crippen LogP contribution < -0.4 is 14.2 Å². The Bertz CT molecular complexity index is 414. The first-order valence-electron chi connectivity index (χ1n) is 5.68. The third-order valence-electron chi connectivity index (χ3n) is 2.87. The summed E-state index contributed by atoms with van der Waals surface area (Å²) in [6, 6.07) is 3.69. The third kappa shape index (κ3) is 2.20. The van der Waals surface area contributed by atoms with Gasteiger partial charge in [-0.2, -0.15) is 0 Å². The highest BCUT2D eigenvalue weighted by atomic mass is 16.6. The normalized spacial score (nSPS) is 15.2. The minimum atomic E-state index is 0.0547. The van der Waals surface area contributed by atoms with Crippen LogP contribution in [0.5, 0.6) is 17.2 Å². The van der Waals surface area contributed by atoms with Crippen LogP contribution in [0.4, 0.5) is 0 Å². The van der Waals surface area contributed by atoms with Gasteiger partial charge in [0.15, 0.2) is 11.5 Å². The van der Waals surface area contributed by atoms with Crippen LogP contribution in [0, 0.1) is 0 Å². The molecule has 0 saturated carbocycles. The van der Waals surface area contributed by atoms with E-state index in [1.54, 1.807) is 7.11 Å². The highest BCUT2D eigenvalue weighted by molar-refractivity contribution is 5.59. The van der Waals surface area contributed by atoms with Crippen LogP contribution in [0.2, 0.25) is 0 Å². The molecule has 0 aromatic heterocycles. The zero-order chi connectivity index (χ0) is 12.3. The van der Waals surface area contributed by atoms with Gasteiger partial charge in [0.25, 0.3) is 0 Å². The van der Waals surface area contributed by atoms with E-state index >= 15 is 0 Å². The molecule has 2 rings (SSSR count). The van der Waals surface area contributed by atoms with Crippen LogP contribution in [-0.2, 0) is 4.79 Å². The topological polar surface area (TPSA) is 44.8 Å². The van der Waals surface area contributed by atoms with Crippen LogP contribution in [0.3, 0.4) is 0 Å². The van der Waals surface area contributed by atoms with Gasteiger partial charge in [0.05, 0.1) is 7.11 Å². The van der Waals surface area contributed by atoms with Crippen LogP contribution in [0.15, 0.2) is 12.1 Å². The highest BCUT2D eigenvalue weighted by Crippen LogP contribution is 2.43. The molecule has 0 bridgehead atoms. The first-order valence-corrected chi connectivity index (χ1v) is 5.68. The SMILES string of the molecule is COc1ccc2c(c1C(C)CC=O)OCCO2. The number of benzene rings is 1. The second kappa shape index (κ2) is 5.08. The molecule has 1 atom stereocenters. The summed E-state index contributed by atoms with van der Waals surface area (Å²) in [5, 5.41) is 0. The number of rotatable bonds is 4. The van der Waals surface area contributed by atoms with Crippen molar-refractivity contribution in [3.63, 3.8) is 0 Å². The molecule has 0 radical (unpaired) electrons. The minimum Gasteiger partial charge on any atom is -0.496 e. The number of aldehydes is 1. The summed E-state index contributed by atoms with van der Waals surface area (Å²) in [6.45, 7) is 3.06. The van der Waals surface area contributed by atoms with E-state index in [4.69, 9.17) is 14.2 Å². The Morgan fingerprint density at radius 1 is 1.41 bits per heavy atom. The number of fused-ring (bicyclic) bond motifs is 1. The highest BCUT2D eigenvalue weighted by Gasteiger charge is 2.23. The van der Waals surface area contributed by atoms with Crippen molar-refractivity contribution in [3.05, 3.63) is 17.7 Å². The maximum atomic E-state index is 10.6. The standard InChI is InChI=1S/C13H16O4/c1-9(5-6-14)12-10(15-2)3-4-11-13(12)17-8-7-16-11/h3-4,6,9H,5,7-8H2,1-2H3. The van der Waals surface area contributed by atoms with Crippen LogP contribution in [0.1, 0.15) is 24.8 Å². The number of hydrogen-bond acceptors (Lipinski definition) is 4. The lowest BCUT2D eigenvalue weighted by atomic mass is 9.95. The van der Waals surface area contributed by atoms with Gasteiger partial charge in [-0.25, -0.2) is 0 Å². The van der Waals surface area contributed by atoms with Crippen LogP contribution >= 0.6 is 0 Å². The van der Waals surface area contributed by atoms with Crippen molar-refractivity contribution in [1.82, 2.24) is 0 Å². The number of ether oxygens (including phenoxy) is 3. The van der Waals surface area contributed by atoms with E-state index in [-0.39, 0.29) is 5.92 Å². The average Bonchev–Trinajstić information content (AvgIpc) is 2.37. The Morgan fingerprint density at radius 3 is 2.88 bits per heavy atom. The van der Waals surface area contributed by atoms with Gasteiger partial charge < -0.3 is 19.0 Å². The molecule has 0 N–H and O–H groups in total. The van der Waals surface area contributed by atoms with Crippen molar-refractivity contribution in [3.8, 4) is 17.2 Å². The lowest BCUT2D eigenvalue weighted by Gasteiger charge is -2.24. The Labute approximate surface area is 100 Å². The maximum Gasteiger partial charge on any atom is 0.168 e. The van der Waals surface area contributed by atoms with Gasteiger partial charge in [-0.1, -0.05) is 6.92 Å². The minimum absolute atomic E-state index is 0.0547. The fraction of sp³-hybridized carbons (Fsp3) is 0.462. The monoisotopic (exact) mass is 236 g/mol. The molecule has 0 amide bonds. The smallest absolute Gasteiger partial charge is 0.168 e. The summed E-state index contributed by atoms with van der Waals surface area (Å²) in [5.41, 5.74) is 0.914. The number of methoxy groups -OCH3 is 1. The molecule has 1 aromatic carbocycles. The molecule has 1 unspecified atom stereocenters. The van der Waals surface area contributed by atoms with Gasteiger partial charge in [0, 0.05) is 12.0 Å². The predicted molar refractivity (Wildman–Crippen MR) is 63.1 cm³/mol. The summed E-state index contributed by atoms with van der Waals surface area (Å²) in [6.07, 6.45) is 1.35. The molecule has 92 valence electrons. The van der Waals surface area contributed by atoms with Gasteiger partial charge in [-0.15, -0.1) is 0 Å². The van der Waals surface area contributed by atoms with Gasteiger partial charge in [0.2, 0.25) is 0 Å². The lowest BCUT2D eigenvalue weighted by Crippen LogP contribution is -2.17. The molecule has 4 nitrogen and oxygen atoms in total. The first kappa shape index (κ1) is 11.8. The summed E-state index contributed by atoms with van der Waals surface area (Å²) in [4.78, 5) is 10.6. The van der Waals surface area contributed by atoms with Gasteiger partial charge >= 0.3 is 0 Å². The zero-order valence-corrected chi connectivity index (χ0v) is 10.1. The summed E-state index contributed by atoms with van der Waals surface area (Å²) >= 11 is 0. The first-order chi connectivity index (χ1) is 8.27. The number of hydrogen-bond donors (Lipinski definition) is 0. The summed E-state index contributed by atoms with van der Waals surface area (Å²) in [5.74, 6) is 2.23. The third-order valence-corrected chi connectivity index (χ3v) is 2.87. The van der Waals surface area contributed by atoms with E-state index in [9.17, 15) is 4.79 Å². The molecule has 1 aromatic rings. The molecule has 0 fully saturated rings. The quantitative estimate of drug-likeness (QED) is 0.751. The van der Waals surface area contributed by atoms with E-state index in [0.29, 0.717) is 25.4 Å². The predicted octanol–water partition coefficient (Wildman–Crippen LogP) is 2.16. The molecule has 0 aliphatic carbocycles. The fourth-order valence-electron chi connectivity index (χ4n) is 2.03. The fourth-order valence-corrected chi connectivity index (χ4v) is 2.03. The van der Waals surface area contributed by atoms with Crippen molar-refractivity contribution in [1.29, 1.82) is 0 Å². The second-order valence-electron chi connectivity index (χ2n) is 4.01. The largest absolute Gasteiger partial charge is 0.496 e. The lowest BCUT2D eigenvalue weighted by molar-refractivity contribution is -0.108.